The van der Waals surface area contributed by atoms with Crippen molar-refractivity contribution in [3.8, 4) is 0 Å². The summed E-state index contributed by atoms with van der Waals surface area (Å²) in [5.41, 5.74) is -0.917. The van der Waals surface area contributed by atoms with Crippen LogP contribution in [0.1, 0.15) is 25.8 Å². The number of nitrogens with one attached hydrogen (secondary N) is 1. The van der Waals surface area contributed by atoms with E-state index in [1.807, 2.05) is 0 Å². The fourth-order valence-electron chi connectivity index (χ4n) is 1.56. The van der Waals surface area contributed by atoms with Crippen LogP contribution in [0.4, 0.5) is 13.2 Å². The van der Waals surface area contributed by atoms with Crippen LogP contribution in [0.3, 0.4) is 0 Å². The van der Waals surface area contributed by atoms with E-state index in [9.17, 15) is 18.0 Å². The molecule has 1 heterocycles. The van der Waals surface area contributed by atoms with E-state index >= 15 is 0 Å². The number of thioether (sulfide) groups is 1. The van der Waals surface area contributed by atoms with Crippen molar-refractivity contribution in [3.63, 3.8) is 0 Å². The second-order valence-corrected chi connectivity index (χ2v) is 6.81. The third kappa shape index (κ3) is 8.21. The van der Waals surface area contributed by atoms with Crippen LogP contribution in [0.5, 0.6) is 0 Å². The van der Waals surface area contributed by atoms with Gasteiger partial charge in [0.15, 0.2) is 0 Å². The number of alkyl halides is 3. The summed E-state index contributed by atoms with van der Waals surface area (Å²) < 4.78 is 42.9. The molecule has 9 heteroatoms. The summed E-state index contributed by atoms with van der Waals surface area (Å²) >= 11 is 6.75. The van der Waals surface area contributed by atoms with Crippen LogP contribution in [-0.4, -0.2) is 36.4 Å². The number of carbonyl (C=O) groups excluding carboxylic acids is 1. The van der Waals surface area contributed by atoms with E-state index in [4.69, 9.17) is 16.3 Å². The highest BCUT2D eigenvalue weighted by molar-refractivity contribution is 8.00. The highest BCUT2D eigenvalue weighted by Crippen LogP contribution is 2.33. The topological polar surface area (TPSA) is 51.2 Å². The summed E-state index contributed by atoms with van der Waals surface area (Å²) in [6, 6.07) is 0.803. The Labute approximate surface area is 148 Å². The Morgan fingerprint density at radius 1 is 1.42 bits per heavy atom. The normalized spacial score (nSPS) is 11.8. The highest BCUT2D eigenvalue weighted by atomic mass is 35.5. The monoisotopic (exact) mass is 384 g/mol. The Bertz CT molecular complexity index is 542. The lowest BCUT2D eigenvalue weighted by Gasteiger charge is -2.09. The number of halogens is 4. The van der Waals surface area contributed by atoms with Gasteiger partial charge in [-0.05, 0) is 18.4 Å². The van der Waals surface area contributed by atoms with E-state index in [0.717, 1.165) is 24.2 Å². The number of rotatable bonds is 9. The molecule has 0 radical (unpaired) electrons. The maximum atomic E-state index is 12.5. The van der Waals surface area contributed by atoms with Crippen molar-refractivity contribution in [3.05, 3.63) is 22.8 Å². The van der Waals surface area contributed by atoms with Gasteiger partial charge in [0.05, 0.1) is 22.9 Å². The lowest BCUT2D eigenvalue weighted by atomic mass is 10.1. The van der Waals surface area contributed by atoms with Gasteiger partial charge in [0.1, 0.15) is 5.03 Å². The Balaban J connectivity index is 2.29. The minimum Gasteiger partial charge on any atom is -0.380 e. The van der Waals surface area contributed by atoms with Gasteiger partial charge in [-0.1, -0.05) is 37.2 Å². The van der Waals surface area contributed by atoms with Crippen LogP contribution in [-0.2, 0) is 15.7 Å². The Morgan fingerprint density at radius 3 is 2.71 bits per heavy atom. The first-order chi connectivity index (χ1) is 11.2. The zero-order chi connectivity index (χ0) is 18.2. The van der Waals surface area contributed by atoms with Crippen LogP contribution < -0.4 is 5.32 Å². The third-order valence-corrected chi connectivity index (χ3v) is 4.29. The lowest BCUT2D eigenvalue weighted by molar-refractivity contribution is -0.137. The molecule has 0 spiro atoms. The summed E-state index contributed by atoms with van der Waals surface area (Å²) in [5.74, 6) is 0.326. The van der Waals surface area contributed by atoms with Gasteiger partial charge in [-0.15, -0.1) is 0 Å². The van der Waals surface area contributed by atoms with Crippen molar-refractivity contribution in [2.75, 3.05) is 25.5 Å². The van der Waals surface area contributed by atoms with E-state index in [2.05, 4.69) is 24.1 Å². The van der Waals surface area contributed by atoms with Crippen LogP contribution >= 0.6 is 23.4 Å². The number of pyridine rings is 1. The summed E-state index contributed by atoms with van der Waals surface area (Å²) in [6.07, 6.45) is -2.83. The van der Waals surface area contributed by atoms with Gasteiger partial charge < -0.3 is 10.1 Å². The molecular formula is C15H20ClF3N2O2S. The molecule has 0 aliphatic heterocycles. The average Bonchev–Trinajstić information content (AvgIpc) is 2.48. The maximum absolute atomic E-state index is 12.5. The second kappa shape index (κ2) is 10.1. The van der Waals surface area contributed by atoms with E-state index < -0.39 is 11.7 Å². The molecule has 136 valence electrons. The molecule has 0 fully saturated rings. The first kappa shape index (κ1) is 21.1. The Kier molecular flexibility index (Phi) is 8.86. The Morgan fingerprint density at radius 2 is 2.12 bits per heavy atom. The van der Waals surface area contributed by atoms with Gasteiger partial charge in [0.2, 0.25) is 5.91 Å². The third-order valence-electron chi connectivity index (χ3n) is 2.88. The van der Waals surface area contributed by atoms with Crippen LogP contribution in [0.15, 0.2) is 17.3 Å². The molecular weight excluding hydrogens is 365 g/mol. The molecule has 0 bridgehead atoms. The zero-order valence-electron chi connectivity index (χ0n) is 13.5. The molecule has 1 aromatic heterocycles. The molecule has 0 atom stereocenters. The first-order valence-corrected chi connectivity index (χ1v) is 8.76. The van der Waals surface area contributed by atoms with Crippen molar-refractivity contribution >= 4 is 29.3 Å². The van der Waals surface area contributed by atoms with E-state index in [0.29, 0.717) is 31.9 Å². The number of amides is 1. The highest BCUT2D eigenvalue weighted by Gasteiger charge is 2.31. The molecule has 0 aliphatic carbocycles. The van der Waals surface area contributed by atoms with Gasteiger partial charge >= 0.3 is 6.18 Å². The lowest BCUT2D eigenvalue weighted by Crippen LogP contribution is -2.28. The molecule has 0 aromatic carbocycles. The fourth-order valence-corrected chi connectivity index (χ4v) is 2.58. The molecule has 0 aliphatic rings. The van der Waals surface area contributed by atoms with Gasteiger partial charge in [0.25, 0.3) is 0 Å². The number of hydrogen-bond donors (Lipinski definition) is 1. The van der Waals surface area contributed by atoms with Crippen LogP contribution in [0.2, 0.25) is 5.02 Å². The average molecular weight is 385 g/mol. The van der Waals surface area contributed by atoms with Crippen molar-refractivity contribution < 1.29 is 22.7 Å². The number of nitrogens with zero attached hydrogens (tertiary/aromatic N) is 1. The van der Waals surface area contributed by atoms with Crippen LogP contribution in [0, 0.1) is 5.92 Å². The van der Waals surface area contributed by atoms with Gasteiger partial charge in [-0.25, -0.2) is 4.98 Å². The number of aromatic nitrogens is 1. The van der Waals surface area contributed by atoms with Crippen molar-refractivity contribution in [2.45, 2.75) is 31.5 Å². The first-order valence-electron chi connectivity index (χ1n) is 7.40. The second-order valence-electron chi connectivity index (χ2n) is 5.44. The molecule has 1 amide bonds. The summed E-state index contributed by atoms with van der Waals surface area (Å²) in [6.45, 7) is 5.65. The standard InChI is InChI=1S/C15H20ClF3N2O2S/c1-10(2)3-5-23-6-4-20-13(22)9-24-14-12(16)7-11(8-21-14)15(17,18)19/h7-8,10H,3-6,9H2,1-2H3,(H,20,22). The van der Waals surface area contributed by atoms with Gasteiger partial charge in [-0.3, -0.25) is 4.79 Å². The predicted octanol–water partition coefficient (Wildman–Crippen LogP) is 4.02. The number of hydrogen-bond acceptors (Lipinski definition) is 4. The predicted molar refractivity (Wildman–Crippen MR) is 88.3 cm³/mol. The maximum Gasteiger partial charge on any atom is 0.417 e. The minimum atomic E-state index is -4.49. The molecule has 4 nitrogen and oxygen atoms in total. The zero-order valence-corrected chi connectivity index (χ0v) is 15.0. The fraction of sp³-hybridized carbons (Fsp3) is 0.600. The van der Waals surface area contributed by atoms with Gasteiger partial charge in [0, 0.05) is 19.3 Å². The molecule has 0 saturated heterocycles. The summed E-state index contributed by atoms with van der Waals surface area (Å²) in [5, 5.41) is 2.72. The van der Waals surface area contributed by atoms with Crippen molar-refractivity contribution in [1.82, 2.24) is 10.3 Å². The quantitative estimate of drug-likeness (QED) is 0.516. The summed E-state index contributed by atoms with van der Waals surface area (Å²) in [4.78, 5) is 15.3. The molecule has 1 N–H and O–H groups in total. The molecule has 1 aromatic rings. The summed E-state index contributed by atoms with van der Waals surface area (Å²) in [7, 11) is 0. The molecule has 24 heavy (non-hydrogen) atoms. The molecule has 1 rings (SSSR count). The SMILES string of the molecule is CC(C)CCOCCNC(=O)CSc1ncc(C(F)(F)F)cc1Cl. The van der Waals surface area contributed by atoms with Gasteiger partial charge in [-0.2, -0.15) is 13.2 Å². The van der Waals surface area contributed by atoms with Crippen LogP contribution in [0.25, 0.3) is 0 Å². The molecule has 0 unspecified atom stereocenters. The number of ether oxygens (including phenoxy) is 1. The van der Waals surface area contributed by atoms with E-state index in [1.165, 1.54) is 0 Å². The van der Waals surface area contributed by atoms with E-state index in [1.54, 1.807) is 0 Å². The molecule has 0 saturated carbocycles. The number of carbonyl (C=O) groups is 1. The largest absolute Gasteiger partial charge is 0.417 e. The van der Waals surface area contributed by atoms with Crippen molar-refractivity contribution in [1.29, 1.82) is 0 Å². The van der Waals surface area contributed by atoms with Crippen molar-refractivity contribution in [2.24, 2.45) is 5.92 Å². The van der Waals surface area contributed by atoms with E-state index in [-0.39, 0.29) is 21.7 Å². The minimum absolute atomic E-state index is 0.0179. The smallest absolute Gasteiger partial charge is 0.380 e. The Hall–Kier alpha value is -0.990.